The van der Waals surface area contributed by atoms with Crippen molar-refractivity contribution < 1.29 is 18.8 Å². The maximum Gasteiger partial charge on any atom is 0.227 e. The molecule has 0 aliphatic carbocycles. The van der Waals surface area contributed by atoms with Crippen molar-refractivity contribution in [3.63, 3.8) is 0 Å². The van der Waals surface area contributed by atoms with E-state index in [0.717, 1.165) is 25.9 Å². The van der Waals surface area contributed by atoms with Crippen molar-refractivity contribution in [2.75, 3.05) is 32.7 Å². The van der Waals surface area contributed by atoms with Crippen LogP contribution in [-0.2, 0) is 20.8 Å². The van der Waals surface area contributed by atoms with Gasteiger partial charge in [-0.1, -0.05) is 12.1 Å². The van der Waals surface area contributed by atoms with Gasteiger partial charge in [-0.2, -0.15) is 0 Å². The second-order valence-corrected chi connectivity index (χ2v) is 7.74. The van der Waals surface area contributed by atoms with Gasteiger partial charge in [-0.25, -0.2) is 4.39 Å². The normalized spacial score (nSPS) is 23.1. The van der Waals surface area contributed by atoms with Crippen LogP contribution in [0, 0.1) is 11.7 Å². The summed E-state index contributed by atoms with van der Waals surface area (Å²) in [5.74, 6) is -0.546. The van der Waals surface area contributed by atoms with Gasteiger partial charge in [0.25, 0.3) is 0 Å². The minimum absolute atomic E-state index is 0.00895. The third-order valence-electron chi connectivity index (χ3n) is 5.83. The van der Waals surface area contributed by atoms with Crippen LogP contribution in [0.25, 0.3) is 0 Å². The molecule has 0 bridgehead atoms. The maximum absolute atomic E-state index is 13.2. The van der Waals surface area contributed by atoms with E-state index in [4.69, 9.17) is 0 Å². The fraction of sp³-hybridized carbons (Fsp3) is 0.550. The number of carbonyl (C=O) groups excluding carboxylic acids is 3. The topological polar surface area (TPSA) is 60.9 Å². The van der Waals surface area contributed by atoms with E-state index in [-0.39, 0.29) is 48.3 Å². The molecule has 0 aromatic heterocycles. The predicted octanol–water partition coefficient (Wildman–Crippen LogP) is 1.05. The Bertz CT molecular complexity index is 757. The number of amides is 3. The lowest BCUT2D eigenvalue weighted by Gasteiger charge is -2.44. The molecular weight excluding hydrogens is 349 g/mol. The molecule has 1 atom stereocenters. The summed E-state index contributed by atoms with van der Waals surface area (Å²) in [6, 6.07) is 6.04. The van der Waals surface area contributed by atoms with E-state index in [1.807, 2.05) is 4.90 Å². The molecule has 6 nitrogen and oxygen atoms in total. The summed E-state index contributed by atoms with van der Waals surface area (Å²) in [6.07, 6.45) is 2.53. The van der Waals surface area contributed by atoms with E-state index in [0.29, 0.717) is 25.2 Å². The van der Waals surface area contributed by atoms with Gasteiger partial charge in [0.05, 0.1) is 18.4 Å². The van der Waals surface area contributed by atoms with Crippen LogP contribution in [0.3, 0.4) is 0 Å². The van der Waals surface area contributed by atoms with E-state index >= 15 is 0 Å². The third-order valence-corrected chi connectivity index (χ3v) is 5.83. The van der Waals surface area contributed by atoms with Crippen LogP contribution < -0.4 is 0 Å². The molecule has 3 heterocycles. The second kappa shape index (κ2) is 7.29. The van der Waals surface area contributed by atoms with Gasteiger partial charge >= 0.3 is 0 Å². The van der Waals surface area contributed by atoms with Crippen LogP contribution in [0.1, 0.15) is 24.8 Å². The summed E-state index contributed by atoms with van der Waals surface area (Å²) in [4.78, 5) is 42.5. The van der Waals surface area contributed by atoms with Crippen LogP contribution in [0.5, 0.6) is 0 Å². The average Bonchev–Trinajstić information content (AvgIpc) is 3.23. The molecule has 27 heavy (non-hydrogen) atoms. The first kappa shape index (κ1) is 17.9. The fourth-order valence-corrected chi connectivity index (χ4v) is 4.24. The summed E-state index contributed by atoms with van der Waals surface area (Å²) in [5.41, 5.74) is 0.650. The zero-order valence-electron chi connectivity index (χ0n) is 15.3. The van der Waals surface area contributed by atoms with Gasteiger partial charge in [0.2, 0.25) is 17.7 Å². The standard InChI is InChI=1S/C20H24FN3O3/c21-16-5-3-4-14(8-16)9-18(25)23-12-17(13-23)24-11-15(10-19(24)26)20(27)22-6-1-2-7-22/h3-5,8,15,17H,1-2,6-7,9-13H2. The monoisotopic (exact) mass is 373 g/mol. The number of hydrogen-bond donors (Lipinski definition) is 0. The highest BCUT2D eigenvalue weighted by Gasteiger charge is 2.44. The lowest BCUT2D eigenvalue weighted by atomic mass is 10.0. The summed E-state index contributed by atoms with van der Waals surface area (Å²) in [7, 11) is 0. The largest absolute Gasteiger partial charge is 0.342 e. The molecular formula is C20H24FN3O3. The molecule has 0 radical (unpaired) electrons. The molecule has 3 aliphatic rings. The highest BCUT2D eigenvalue weighted by Crippen LogP contribution is 2.27. The Kier molecular flexibility index (Phi) is 4.85. The third kappa shape index (κ3) is 3.68. The molecule has 7 heteroatoms. The second-order valence-electron chi connectivity index (χ2n) is 7.74. The molecule has 1 unspecified atom stereocenters. The van der Waals surface area contributed by atoms with Crippen LogP contribution in [0.4, 0.5) is 4.39 Å². The SMILES string of the molecule is O=C(Cc1cccc(F)c1)N1CC(N2CC(C(=O)N3CCCC3)CC2=O)C1. The van der Waals surface area contributed by atoms with E-state index < -0.39 is 0 Å². The first-order valence-corrected chi connectivity index (χ1v) is 9.62. The highest BCUT2D eigenvalue weighted by atomic mass is 19.1. The quantitative estimate of drug-likeness (QED) is 0.793. The Morgan fingerprint density at radius 2 is 1.81 bits per heavy atom. The number of carbonyl (C=O) groups is 3. The number of benzene rings is 1. The first-order valence-electron chi connectivity index (χ1n) is 9.62. The van der Waals surface area contributed by atoms with Gasteiger partial charge in [-0.3, -0.25) is 14.4 Å². The number of rotatable bonds is 4. The molecule has 1 aromatic rings. The van der Waals surface area contributed by atoms with Crippen molar-refractivity contribution in [2.45, 2.75) is 31.7 Å². The summed E-state index contributed by atoms with van der Waals surface area (Å²) in [5, 5.41) is 0. The minimum Gasteiger partial charge on any atom is -0.342 e. The van der Waals surface area contributed by atoms with Gasteiger partial charge in [0.15, 0.2) is 0 Å². The van der Waals surface area contributed by atoms with E-state index in [2.05, 4.69) is 0 Å². The van der Waals surface area contributed by atoms with Gasteiger partial charge in [0, 0.05) is 39.1 Å². The van der Waals surface area contributed by atoms with E-state index in [1.54, 1.807) is 21.9 Å². The molecule has 3 saturated heterocycles. The molecule has 3 aliphatic heterocycles. The van der Waals surface area contributed by atoms with Crippen LogP contribution in [0.15, 0.2) is 24.3 Å². The van der Waals surface area contributed by atoms with Gasteiger partial charge in [-0.15, -0.1) is 0 Å². The summed E-state index contributed by atoms with van der Waals surface area (Å²) < 4.78 is 13.2. The number of nitrogens with zero attached hydrogens (tertiary/aromatic N) is 3. The fourth-order valence-electron chi connectivity index (χ4n) is 4.24. The molecule has 3 amide bonds. The Balaban J connectivity index is 1.28. The molecule has 0 saturated carbocycles. The number of likely N-dealkylation sites (tertiary alicyclic amines) is 3. The smallest absolute Gasteiger partial charge is 0.227 e. The van der Waals surface area contributed by atoms with Crippen molar-refractivity contribution in [3.8, 4) is 0 Å². The summed E-state index contributed by atoms with van der Waals surface area (Å²) in [6.45, 7) is 3.05. The van der Waals surface area contributed by atoms with Crippen LogP contribution >= 0.6 is 0 Å². The number of halogens is 1. The van der Waals surface area contributed by atoms with Crippen molar-refractivity contribution in [2.24, 2.45) is 5.92 Å². The lowest BCUT2D eigenvalue weighted by molar-refractivity contribution is -0.143. The Morgan fingerprint density at radius 3 is 2.52 bits per heavy atom. The molecule has 3 fully saturated rings. The van der Waals surface area contributed by atoms with E-state index in [1.165, 1.54) is 12.1 Å². The molecule has 4 rings (SSSR count). The van der Waals surface area contributed by atoms with Gasteiger partial charge in [-0.05, 0) is 30.5 Å². The Labute approximate surface area is 157 Å². The zero-order valence-corrected chi connectivity index (χ0v) is 15.3. The molecule has 1 aromatic carbocycles. The molecule has 0 spiro atoms. The molecule has 144 valence electrons. The van der Waals surface area contributed by atoms with Crippen molar-refractivity contribution in [3.05, 3.63) is 35.6 Å². The zero-order chi connectivity index (χ0) is 19.0. The highest BCUT2D eigenvalue weighted by molar-refractivity contribution is 5.90. The van der Waals surface area contributed by atoms with Gasteiger partial charge in [0.1, 0.15) is 5.82 Å². The van der Waals surface area contributed by atoms with Crippen LogP contribution in [-0.4, -0.2) is 71.2 Å². The maximum atomic E-state index is 13.2. The number of hydrogen-bond acceptors (Lipinski definition) is 3. The summed E-state index contributed by atoms with van der Waals surface area (Å²) >= 11 is 0. The van der Waals surface area contributed by atoms with Crippen LogP contribution in [0.2, 0.25) is 0 Å². The Morgan fingerprint density at radius 1 is 1.07 bits per heavy atom. The Hall–Kier alpha value is -2.44. The van der Waals surface area contributed by atoms with Crippen molar-refractivity contribution in [1.29, 1.82) is 0 Å². The van der Waals surface area contributed by atoms with E-state index in [9.17, 15) is 18.8 Å². The van der Waals surface area contributed by atoms with Gasteiger partial charge < -0.3 is 14.7 Å². The van der Waals surface area contributed by atoms with Crippen molar-refractivity contribution >= 4 is 17.7 Å². The van der Waals surface area contributed by atoms with Crippen molar-refractivity contribution in [1.82, 2.24) is 14.7 Å². The first-order chi connectivity index (χ1) is 13.0. The predicted molar refractivity (Wildman–Crippen MR) is 96.1 cm³/mol. The average molecular weight is 373 g/mol. The lowest BCUT2D eigenvalue weighted by Crippen LogP contribution is -2.61. The minimum atomic E-state index is -0.349. The molecule has 0 N–H and O–H groups in total.